The Morgan fingerprint density at radius 2 is 1.65 bits per heavy atom. The quantitative estimate of drug-likeness (QED) is 0.710. The standard InChI is InChI=1S/C20H23N3O3/c1-3-22-16-10-6-7-11-17(16)23(20(22)25)14-19(24)21-13-15-9-5-8-12-18(15)26-4-2/h5-12H,3-4,13-14H2,1-2H3,(H,21,24). The minimum atomic E-state index is -0.211. The van der Waals surface area contributed by atoms with Gasteiger partial charge in [0.2, 0.25) is 5.91 Å². The first kappa shape index (κ1) is 17.8. The Morgan fingerprint density at radius 1 is 1.00 bits per heavy atom. The zero-order chi connectivity index (χ0) is 18.5. The highest BCUT2D eigenvalue weighted by molar-refractivity contribution is 5.81. The molecule has 0 aliphatic rings. The van der Waals surface area contributed by atoms with E-state index in [0.717, 1.165) is 22.3 Å². The lowest BCUT2D eigenvalue weighted by atomic mass is 10.2. The maximum Gasteiger partial charge on any atom is 0.329 e. The number of nitrogens with one attached hydrogen (secondary N) is 1. The van der Waals surface area contributed by atoms with Crippen LogP contribution in [0.2, 0.25) is 0 Å². The molecule has 0 saturated heterocycles. The number of aryl methyl sites for hydroxylation is 1. The van der Waals surface area contributed by atoms with Crippen LogP contribution in [0.5, 0.6) is 5.75 Å². The van der Waals surface area contributed by atoms with E-state index in [1.807, 2.05) is 62.4 Å². The van der Waals surface area contributed by atoms with Crippen LogP contribution in [0.4, 0.5) is 0 Å². The molecule has 0 saturated carbocycles. The van der Waals surface area contributed by atoms with E-state index in [-0.39, 0.29) is 18.1 Å². The third-order valence-corrected chi connectivity index (χ3v) is 4.29. The number of benzene rings is 2. The van der Waals surface area contributed by atoms with Crippen molar-refractivity contribution < 1.29 is 9.53 Å². The van der Waals surface area contributed by atoms with Crippen LogP contribution in [0, 0.1) is 0 Å². The van der Waals surface area contributed by atoms with Crippen molar-refractivity contribution in [2.45, 2.75) is 33.5 Å². The molecule has 3 rings (SSSR count). The van der Waals surface area contributed by atoms with Crippen LogP contribution in [-0.4, -0.2) is 21.6 Å². The molecule has 1 heterocycles. The number of amides is 1. The molecular formula is C20H23N3O3. The molecule has 1 aromatic heterocycles. The second-order valence-corrected chi connectivity index (χ2v) is 5.92. The van der Waals surface area contributed by atoms with E-state index >= 15 is 0 Å². The molecule has 0 bridgehead atoms. The summed E-state index contributed by atoms with van der Waals surface area (Å²) in [5, 5.41) is 2.88. The Morgan fingerprint density at radius 3 is 2.35 bits per heavy atom. The monoisotopic (exact) mass is 353 g/mol. The number of fused-ring (bicyclic) bond motifs is 1. The van der Waals surface area contributed by atoms with Crippen molar-refractivity contribution in [2.75, 3.05) is 6.61 Å². The van der Waals surface area contributed by atoms with Gasteiger partial charge in [0.05, 0.1) is 17.6 Å². The number of aromatic nitrogens is 2. The van der Waals surface area contributed by atoms with Crippen molar-refractivity contribution in [1.82, 2.24) is 14.5 Å². The number of rotatable bonds is 7. The Balaban J connectivity index is 1.77. The summed E-state index contributed by atoms with van der Waals surface area (Å²) in [5.74, 6) is 0.549. The number of ether oxygens (including phenoxy) is 1. The summed E-state index contributed by atoms with van der Waals surface area (Å²) in [5.41, 5.74) is 2.35. The summed E-state index contributed by atoms with van der Waals surface area (Å²) >= 11 is 0. The molecule has 136 valence electrons. The van der Waals surface area contributed by atoms with Crippen molar-refractivity contribution in [3.8, 4) is 5.75 Å². The van der Waals surface area contributed by atoms with Gasteiger partial charge in [0, 0.05) is 18.7 Å². The molecule has 1 amide bonds. The van der Waals surface area contributed by atoms with Crippen LogP contribution in [0.15, 0.2) is 53.3 Å². The van der Waals surface area contributed by atoms with Crippen molar-refractivity contribution in [3.63, 3.8) is 0 Å². The number of hydrogen-bond acceptors (Lipinski definition) is 3. The molecule has 6 nitrogen and oxygen atoms in total. The van der Waals surface area contributed by atoms with Gasteiger partial charge in [0.25, 0.3) is 0 Å². The van der Waals surface area contributed by atoms with E-state index in [0.29, 0.717) is 19.7 Å². The Bertz CT molecular complexity index is 972. The van der Waals surface area contributed by atoms with Crippen LogP contribution in [0.25, 0.3) is 11.0 Å². The average Bonchev–Trinajstić information content (AvgIpc) is 2.92. The second kappa shape index (κ2) is 7.91. The first-order valence-electron chi connectivity index (χ1n) is 8.81. The lowest BCUT2D eigenvalue weighted by Crippen LogP contribution is -2.32. The fraction of sp³-hybridized carbons (Fsp3) is 0.300. The summed E-state index contributed by atoms with van der Waals surface area (Å²) < 4.78 is 8.76. The fourth-order valence-electron chi connectivity index (χ4n) is 3.07. The first-order valence-corrected chi connectivity index (χ1v) is 8.81. The Kier molecular flexibility index (Phi) is 5.41. The molecule has 0 radical (unpaired) electrons. The molecule has 0 aliphatic carbocycles. The fourth-order valence-corrected chi connectivity index (χ4v) is 3.07. The third kappa shape index (κ3) is 3.49. The van der Waals surface area contributed by atoms with Crippen LogP contribution in [0.1, 0.15) is 19.4 Å². The van der Waals surface area contributed by atoms with Crippen molar-refractivity contribution >= 4 is 16.9 Å². The minimum absolute atomic E-state index is 0.0108. The molecule has 0 atom stereocenters. The van der Waals surface area contributed by atoms with Gasteiger partial charge >= 0.3 is 5.69 Å². The summed E-state index contributed by atoms with van der Waals surface area (Å²) in [6.07, 6.45) is 0. The van der Waals surface area contributed by atoms with Crippen LogP contribution in [-0.2, 0) is 24.4 Å². The maximum atomic E-state index is 12.6. The molecule has 0 aliphatic heterocycles. The van der Waals surface area contributed by atoms with E-state index in [2.05, 4.69) is 5.32 Å². The van der Waals surface area contributed by atoms with Gasteiger partial charge in [0.15, 0.2) is 0 Å². The van der Waals surface area contributed by atoms with E-state index in [9.17, 15) is 9.59 Å². The van der Waals surface area contributed by atoms with E-state index in [1.165, 1.54) is 4.57 Å². The number of hydrogen-bond donors (Lipinski definition) is 1. The molecule has 2 aromatic carbocycles. The number of carbonyl (C=O) groups excluding carboxylic acids is 1. The normalized spacial score (nSPS) is 10.8. The summed E-state index contributed by atoms with van der Waals surface area (Å²) in [6.45, 7) is 5.32. The van der Waals surface area contributed by atoms with Crippen molar-refractivity contribution in [2.24, 2.45) is 0 Å². The zero-order valence-corrected chi connectivity index (χ0v) is 15.1. The second-order valence-electron chi connectivity index (χ2n) is 5.92. The van der Waals surface area contributed by atoms with Gasteiger partial charge < -0.3 is 10.1 Å². The van der Waals surface area contributed by atoms with Gasteiger partial charge in [-0.25, -0.2) is 4.79 Å². The summed E-state index contributed by atoms with van der Waals surface area (Å²) in [7, 11) is 0. The molecule has 0 unspecified atom stereocenters. The highest BCUT2D eigenvalue weighted by atomic mass is 16.5. The van der Waals surface area contributed by atoms with Gasteiger partial charge in [0.1, 0.15) is 12.3 Å². The number of nitrogens with zero attached hydrogens (tertiary/aromatic N) is 2. The molecular weight excluding hydrogens is 330 g/mol. The highest BCUT2D eigenvalue weighted by Gasteiger charge is 2.14. The third-order valence-electron chi connectivity index (χ3n) is 4.29. The largest absolute Gasteiger partial charge is 0.494 e. The van der Waals surface area contributed by atoms with E-state index in [4.69, 9.17) is 4.74 Å². The lowest BCUT2D eigenvalue weighted by Gasteiger charge is -2.11. The Labute approximate surface area is 152 Å². The van der Waals surface area contributed by atoms with Crippen molar-refractivity contribution in [1.29, 1.82) is 0 Å². The number of carbonyl (C=O) groups is 1. The SMILES string of the molecule is CCOc1ccccc1CNC(=O)Cn1c(=O)n(CC)c2ccccc21. The van der Waals surface area contributed by atoms with Crippen LogP contribution >= 0.6 is 0 Å². The first-order chi connectivity index (χ1) is 12.7. The maximum absolute atomic E-state index is 12.6. The molecule has 0 fully saturated rings. The predicted octanol–water partition coefficient (Wildman–Crippen LogP) is 2.54. The molecule has 0 spiro atoms. The molecule has 26 heavy (non-hydrogen) atoms. The molecule has 6 heteroatoms. The molecule has 1 N–H and O–H groups in total. The zero-order valence-electron chi connectivity index (χ0n) is 15.1. The smallest absolute Gasteiger partial charge is 0.329 e. The summed E-state index contributed by atoms with van der Waals surface area (Å²) in [4.78, 5) is 25.0. The summed E-state index contributed by atoms with van der Waals surface area (Å²) in [6, 6.07) is 15.1. The Hall–Kier alpha value is -3.02. The van der Waals surface area contributed by atoms with Gasteiger partial charge in [-0.15, -0.1) is 0 Å². The van der Waals surface area contributed by atoms with Gasteiger partial charge in [-0.2, -0.15) is 0 Å². The van der Waals surface area contributed by atoms with Crippen LogP contribution in [0.3, 0.4) is 0 Å². The van der Waals surface area contributed by atoms with Crippen molar-refractivity contribution in [3.05, 3.63) is 64.6 Å². The van der Waals surface area contributed by atoms with Gasteiger partial charge in [-0.05, 0) is 32.0 Å². The highest BCUT2D eigenvalue weighted by Crippen LogP contribution is 2.17. The minimum Gasteiger partial charge on any atom is -0.494 e. The molecule has 3 aromatic rings. The topological polar surface area (TPSA) is 65.3 Å². The van der Waals surface area contributed by atoms with Gasteiger partial charge in [-0.1, -0.05) is 30.3 Å². The van der Waals surface area contributed by atoms with Gasteiger partial charge in [-0.3, -0.25) is 13.9 Å². The van der Waals surface area contributed by atoms with E-state index in [1.54, 1.807) is 4.57 Å². The lowest BCUT2D eigenvalue weighted by molar-refractivity contribution is -0.121. The number of para-hydroxylation sites is 3. The predicted molar refractivity (Wildman–Crippen MR) is 101 cm³/mol. The van der Waals surface area contributed by atoms with Crippen LogP contribution < -0.4 is 15.7 Å². The number of imidazole rings is 1. The van der Waals surface area contributed by atoms with E-state index < -0.39 is 0 Å². The average molecular weight is 353 g/mol.